The summed E-state index contributed by atoms with van der Waals surface area (Å²) in [6.45, 7) is 3.02. The predicted molar refractivity (Wildman–Crippen MR) is 53.8 cm³/mol. The van der Waals surface area contributed by atoms with Gasteiger partial charge in [-0.25, -0.2) is 4.98 Å². The van der Waals surface area contributed by atoms with E-state index in [2.05, 4.69) is 15.3 Å². The van der Waals surface area contributed by atoms with Crippen LogP contribution >= 0.6 is 11.3 Å². The van der Waals surface area contributed by atoms with Gasteiger partial charge in [0.25, 0.3) is 0 Å². The van der Waals surface area contributed by atoms with Gasteiger partial charge in [-0.3, -0.25) is 0 Å². The van der Waals surface area contributed by atoms with E-state index >= 15 is 0 Å². The first-order chi connectivity index (χ1) is 6.36. The van der Waals surface area contributed by atoms with Crippen LogP contribution in [0.2, 0.25) is 0 Å². The molecule has 1 aliphatic carbocycles. The number of fused-ring (bicyclic) bond motifs is 1. The minimum absolute atomic E-state index is 0.567. The Morgan fingerprint density at radius 3 is 2.92 bits per heavy atom. The van der Waals surface area contributed by atoms with E-state index in [0.29, 0.717) is 6.54 Å². The molecule has 1 saturated heterocycles. The molecule has 0 aromatic carbocycles. The van der Waals surface area contributed by atoms with Crippen LogP contribution in [0.15, 0.2) is 5.38 Å². The van der Waals surface area contributed by atoms with Crippen molar-refractivity contribution in [1.29, 1.82) is 0 Å². The summed E-state index contributed by atoms with van der Waals surface area (Å²) in [6.07, 6.45) is 1.45. The Morgan fingerprint density at radius 1 is 1.54 bits per heavy atom. The van der Waals surface area contributed by atoms with Crippen LogP contribution < -0.4 is 10.6 Å². The highest BCUT2D eigenvalue weighted by Gasteiger charge is 2.45. The molecule has 2 unspecified atom stereocenters. The normalized spacial score (nSPS) is 30.7. The van der Waals surface area contributed by atoms with Crippen molar-refractivity contribution >= 4 is 16.5 Å². The molecule has 0 radical (unpaired) electrons. The van der Waals surface area contributed by atoms with Crippen LogP contribution in [0.4, 0.5) is 5.13 Å². The molecule has 1 aliphatic heterocycles. The van der Waals surface area contributed by atoms with Crippen molar-refractivity contribution in [3.05, 3.63) is 11.1 Å². The molecule has 2 atom stereocenters. The first-order valence-electron chi connectivity index (χ1n) is 4.76. The molecule has 2 heterocycles. The molecular formula is C9H13N3S. The lowest BCUT2D eigenvalue weighted by molar-refractivity contribution is 0.811. The van der Waals surface area contributed by atoms with E-state index in [-0.39, 0.29) is 0 Å². The summed E-state index contributed by atoms with van der Waals surface area (Å²) in [5.74, 6) is 1.95. The molecule has 0 spiro atoms. The SMILES string of the molecule is NCc1csc(N2CC3CC3C2)n1. The lowest BCUT2D eigenvalue weighted by Crippen LogP contribution is -2.21. The molecule has 1 aromatic rings. The summed E-state index contributed by atoms with van der Waals surface area (Å²) in [4.78, 5) is 6.89. The highest BCUT2D eigenvalue weighted by Crippen LogP contribution is 2.46. The average Bonchev–Trinajstić information content (AvgIpc) is 2.67. The fraction of sp³-hybridized carbons (Fsp3) is 0.667. The maximum absolute atomic E-state index is 5.52. The zero-order valence-corrected chi connectivity index (χ0v) is 8.26. The van der Waals surface area contributed by atoms with Crippen molar-refractivity contribution in [2.24, 2.45) is 17.6 Å². The Bertz CT molecular complexity index is 312. The molecule has 4 heteroatoms. The average molecular weight is 195 g/mol. The highest BCUT2D eigenvalue weighted by molar-refractivity contribution is 7.13. The third kappa shape index (κ3) is 1.25. The fourth-order valence-corrected chi connectivity index (χ4v) is 2.95. The number of nitrogens with two attached hydrogens (primary N) is 1. The minimum atomic E-state index is 0.567. The maximum atomic E-state index is 5.52. The molecule has 13 heavy (non-hydrogen) atoms. The molecule has 2 N–H and O–H groups in total. The second kappa shape index (κ2) is 2.69. The molecule has 3 nitrogen and oxygen atoms in total. The number of anilines is 1. The van der Waals surface area contributed by atoms with E-state index < -0.39 is 0 Å². The fourth-order valence-electron chi connectivity index (χ4n) is 2.09. The Kier molecular flexibility index (Phi) is 1.60. The van der Waals surface area contributed by atoms with Gasteiger partial charge in [-0.05, 0) is 18.3 Å². The number of aromatic nitrogens is 1. The molecule has 0 bridgehead atoms. The van der Waals surface area contributed by atoms with E-state index in [1.807, 2.05) is 0 Å². The van der Waals surface area contributed by atoms with Crippen LogP contribution in [0.1, 0.15) is 12.1 Å². The largest absolute Gasteiger partial charge is 0.348 e. The molecule has 1 saturated carbocycles. The zero-order chi connectivity index (χ0) is 8.84. The molecule has 1 aromatic heterocycles. The van der Waals surface area contributed by atoms with Gasteiger partial charge in [0.15, 0.2) is 5.13 Å². The zero-order valence-electron chi connectivity index (χ0n) is 7.44. The summed E-state index contributed by atoms with van der Waals surface area (Å²) in [5, 5.41) is 3.24. The standard InChI is InChI=1S/C9H13N3S/c10-2-8-5-13-9(11-8)12-3-6-1-7(6)4-12/h5-7H,1-4,10H2. The Balaban J connectivity index is 1.77. The summed E-state index contributed by atoms with van der Waals surface area (Å²) >= 11 is 1.73. The van der Waals surface area contributed by atoms with Crippen LogP contribution in [-0.2, 0) is 6.54 Å². The van der Waals surface area contributed by atoms with E-state index in [0.717, 1.165) is 17.5 Å². The van der Waals surface area contributed by atoms with Crippen molar-refractivity contribution in [3.63, 3.8) is 0 Å². The summed E-state index contributed by atoms with van der Waals surface area (Å²) < 4.78 is 0. The van der Waals surface area contributed by atoms with Gasteiger partial charge in [0.05, 0.1) is 5.69 Å². The van der Waals surface area contributed by atoms with E-state index in [1.54, 1.807) is 11.3 Å². The third-order valence-corrected chi connectivity index (χ3v) is 3.95. The first kappa shape index (κ1) is 7.76. The van der Waals surface area contributed by atoms with Crippen LogP contribution in [-0.4, -0.2) is 18.1 Å². The Morgan fingerprint density at radius 2 is 2.31 bits per heavy atom. The van der Waals surface area contributed by atoms with Crippen LogP contribution in [0, 0.1) is 11.8 Å². The van der Waals surface area contributed by atoms with Gasteiger partial charge in [0.1, 0.15) is 0 Å². The maximum Gasteiger partial charge on any atom is 0.185 e. The number of hydrogen-bond acceptors (Lipinski definition) is 4. The quantitative estimate of drug-likeness (QED) is 0.767. The lowest BCUT2D eigenvalue weighted by Gasteiger charge is -2.15. The van der Waals surface area contributed by atoms with Crippen LogP contribution in [0.25, 0.3) is 0 Å². The minimum Gasteiger partial charge on any atom is -0.348 e. The molecule has 2 aliphatic rings. The Hall–Kier alpha value is -0.610. The van der Waals surface area contributed by atoms with Gasteiger partial charge >= 0.3 is 0 Å². The smallest absolute Gasteiger partial charge is 0.185 e. The van der Waals surface area contributed by atoms with Crippen molar-refractivity contribution in [2.75, 3.05) is 18.0 Å². The molecule has 2 fully saturated rings. The summed E-state index contributed by atoms with van der Waals surface area (Å²) in [6, 6.07) is 0. The Labute approximate surface area is 81.6 Å². The van der Waals surface area contributed by atoms with Crippen molar-refractivity contribution in [1.82, 2.24) is 4.98 Å². The summed E-state index contributed by atoms with van der Waals surface area (Å²) in [5.41, 5.74) is 6.55. The number of thiazole rings is 1. The number of piperidine rings is 1. The number of nitrogens with zero attached hydrogens (tertiary/aromatic N) is 2. The third-order valence-electron chi connectivity index (χ3n) is 3.00. The van der Waals surface area contributed by atoms with Gasteiger partial charge in [-0.2, -0.15) is 0 Å². The number of hydrogen-bond donors (Lipinski definition) is 1. The molecule has 70 valence electrons. The van der Waals surface area contributed by atoms with E-state index in [1.165, 1.54) is 24.6 Å². The number of rotatable bonds is 2. The highest BCUT2D eigenvalue weighted by atomic mass is 32.1. The molecule has 0 amide bonds. The van der Waals surface area contributed by atoms with Crippen LogP contribution in [0.3, 0.4) is 0 Å². The van der Waals surface area contributed by atoms with Crippen LogP contribution in [0.5, 0.6) is 0 Å². The first-order valence-corrected chi connectivity index (χ1v) is 5.64. The summed E-state index contributed by atoms with van der Waals surface area (Å²) in [7, 11) is 0. The van der Waals surface area contributed by atoms with Crippen molar-refractivity contribution in [2.45, 2.75) is 13.0 Å². The molecule has 3 rings (SSSR count). The predicted octanol–water partition coefficient (Wildman–Crippen LogP) is 1.06. The second-order valence-corrected chi connectivity index (χ2v) is 4.82. The molecular weight excluding hydrogens is 182 g/mol. The monoisotopic (exact) mass is 195 g/mol. The lowest BCUT2D eigenvalue weighted by atomic mass is 10.4. The van der Waals surface area contributed by atoms with E-state index in [4.69, 9.17) is 5.73 Å². The van der Waals surface area contributed by atoms with Gasteiger partial charge in [0, 0.05) is 25.0 Å². The van der Waals surface area contributed by atoms with Gasteiger partial charge in [0.2, 0.25) is 0 Å². The van der Waals surface area contributed by atoms with Gasteiger partial charge in [-0.1, -0.05) is 0 Å². The second-order valence-electron chi connectivity index (χ2n) is 3.99. The topological polar surface area (TPSA) is 42.1 Å². The van der Waals surface area contributed by atoms with E-state index in [9.17, 15) is 0 Å². The van der Waals surface area contributed by atoms with Gasteiger partial charge < -0.3 is 10.6 Å². The van der Waals surface area contributed by atoms with Crippen molar-refractivity contribution < 1.29 is 0 Å². The van der Waals surface area contributed by atoms with Crippen molar-refractivity contribution in [3.8, 4) is 0 Å². The van der Waals surface area contributed by atoms with Gasteiger partial charge in [-0.15, -0.1) is 11.3 Å².